The lowest BCUT2D eigenvalue weighted by atomic mass is 9.77. The molecule has 0 aromatic carbocycles. The second-order valence-corrected chi connectivity index (χ2v) is 14.0. The van der Waals surface area contributed by atoms with Gasteiger partial charge in [-0.05, 0) is 84.9 Å². The minimum atomic E-state index is -1.12. The van der Waals surface area contributed by atoms with Crippen LogP contribution in [0.5, 0.6) is 0 Å². The summed E-state index contributed by atoms with van der Waals surface area (Å²) in [5.74, 6) is -0.316. The Balaban J connectivity index is 2.61. The Morgan fingerprint density at radius 1 is 1.00 bits per heavy atom. The fourth-order valence-electron chi connectivity index (χ4n) is 7.09. The summed E-state index contributed by atoms with van der Waals surface area (Å²) < 4.78 is 31.7. The van der Waals surface area contributed by atoms with Crippen molar-refractivity contribution in [1.29, 1.82) is 0 Å². The molecule has 2 aliphatic heterocycles. The largest absolute Gasteiger partial charge is 0.487 e. The summed E-state index contributed by atoms with van der Waals surface area (Å²) >= 11 is 0. The van der Waals surface area contributed by atoms with E-state index in [-0.39, 0.29) is 78.2 Å². The van der Waals surface area contributed by atoms with Crippen molar-refractivity contribution in [2.45, 2.75) is 137 Å². The molecular weight excluding hydrogens is 570 g/mol. The third-order valence-corrected chi connectivity index (χ3v) is 10.2. The maximum absolute atomic E-state index is 13.8. The zero-order chi connectivity index (χ0) is 34.1. The van der Waals surface area contributed by atoms with Gasteiger partial charge in [-0.3, -0.25) is 9.59 Å². The average molecular weight is 634 g/mol. The maximum Gasteiger partial charge on any atom is 0.306 e. The molecular formula is C37H63NO7. The van der Waals surface area contributed by atoms with E-state index in [0.717, 1.165) is 12.0 Å². The third kappa shape index (κ3) is 10.2. The van der Waals surface area contributed by atoms with E-state index in [1.807, 2.05) is 33.8 Å². The molecule has 2 rings (SSSR count). The highest BCUT2D eigenvalue weighted by atomic mass is 16.7. The van der Waals surface area contributed by atoms with Crippen molar-refractivity contribution in [2.24, 2.45) is 29.6 Å². The van der Waals surface area contributed by atoms with Gasteiger partial charge in [0.25, 0.3) is 0 Å². The molecule has 1 saturated heterocycles. The monoisotopic (exact) mass is 633 g/mol. The van der Waals surface area contributed by atoms with Crippen LogP contribution in [0, 0.1) is 29.6 Å². The molecule has 12 atom stereocenters. The predicted molar refractivity (Wildman–Crippen MR) is 180 cm³/mol. The molecule has 0 saturated carbocycles. The minimum Gasteiger partial charge on any atom is -0.487 e. The lowest BCUT2D eigenvalue weighted by Gasteiger charge is -2.48. The Labute approximate surface area is 273 Å². The van der Waals surface area contributed by atoms with Crippen LogP contribution in [0.1, 0.15) is 94.9 Å². The highest BCUT2D eigenvalue weighted by Gasteiger charge is 2.47. The first-order valence-electron chi connectivity index (χ1n) is 17.0. The van der Waals surface area contributed by atoms with E-state index in [2.05, 4.69) is 66.6 Å². The first-order chi connectivity index (χ1) is 21.1. The average Bonchev–Trinajstić information content (AvgIpc) is 2.99. The van der Waals surface area contributed by atoms with Crippen LogP contribution in [-0.4, -0.2) is 80.2 Å². The fraction of sp³-hybridized carbons (Fsp3) is 0.784. The molecule has 0 aromatic rings. The van der Waals surface area contributed by atoms with Gasteiger partial charge in [-0.15, -0.1) is 0 Å². The maximum atomic E-state index is 13.8. The number of hydrogen-bond donors (Lipinski definition) is 0. The van der Waals surface area contributed by atoms with E-state index >= 15 is 0 Å². The van der Waals surface area contributed by atoms with E-state index in [0.29, 0.717) is 12.8 Å². The van der Waals surface area contributed by atoms with Gasteiger partial charge in [-0.1, -0.05) is 65.3 Å². The number of ether oxygens (including phenoxy) is 5. The zero-order valence-electron chi connectivity index (χ0n) is 30.4. The molecule has 1 fully saturated rings. The van der Waals surface area contributed by atoms with E-state index < -0.39 is 11.9 Å². The molecule has 0 N–H and O–H groups in total. The van der Waals surface area contributed by atoms with Crippen molar-refractivity contribution in [2.75, 3.05) is 21.2 Å². The van der Waals surface area contributed by atoms with Gasteiger partial charge >= 0.3 is 5.97 Å². The summed E-state index contributed by atoms with van der Waals surface area (Å²) in [5, 5.41) is 0. The van der Waals surface area contributed by atoms with Crippen molar-refractivity contribution in [3.8, 4) is 0 Å². The fourth-order valence-corrected chi connectivity index (χ4v) is 7.09. The molecule has 0 amide bonds. The number of carbonyl (C=O) groups excluding carboxylic acids is 2. The summed E-state index contributed by atoms with van der Waals surface area (Å²) in [5.41, 5.74) is -0.179. The molecule has 2 heterocycles. The van der Waals surface area contributed by atoms with Gasteiger partial charge in [0.05, 0.1) is 18.5 Å². The van der Waals surface area contributed by atoms with Gasteiger partial charge in [0.1, 0.15) is 12.2 Å². The van der Waals surface area contributed by atoms with E-state index in [1.54, 1.807) is 25.5 Å². The SMILES string of the molecule is C/C=C/OC1(C)C[C@H](C)[C@H](OC2OC(C)C(C)C(N(C)C)C2OC)[C@@H](C)[C@H](C)CC(=O)O[C@H](CC)[C@@H](CC)/C=C(C)/C=C/C1=O. The first-order valence-corrected chi connectivity index (χ1v) is 17.0. The number of methoxy groups -OCH3 is 1. The molecule has 0 aliphatic carbocycles. The molecule has 0 radical (unpaired) electrons. The Morgan fingerprint density at radius 3 is 2.22 bits per heavy atom. The molecule has 0 bridgehead atoms. The van der Waals surface area contributed by atoms with Crippen LogP contribution >= 0.6 is 0 Å². The molecule has 258 valence electrons. The molecule has 0 spiro atoms. The summed E-state index contributed by atoms with van der Waals surface area (Å²) in [6.07, 6.45) is 9.52. The topological polar surface area (TPSA) is 83.5 Å². The molecule has 0 aromatic heterocycles. The third-order valence-electron chi connectivity index (χ3n) is 10.2. The van der Waals surface area contributed by atoms with Gasteiger partial charge in [-0.2, -0.15) is 0 Å². The number of cyclic esters (lactones) is 1. The summed E-state index contributed by atoms with van der Waals surface area (Å²) in [6, 6.07) is 0.0803. The number of carbonyl (C=O) groups is 2. The van der Waals surface area contributed by atoms with Crippen molar-refractivity contribution in [1.82, 2.24) is 4.90 Å². The zero-order valence-corrected chi connectivity index (χ0v) is 30.4. The quantitative estimate of drug-likeness (QED) is 0.206. The number of esters is 1. The van der Waals surface area contributed by atoms with Crippen molar-refractivity contribution >= 4 is 11.8 Å². The lowest BCUT2D eigenvalue weighted by molar-refractivity contribution is -0.298. The van der Waals surface area contributed by atoms with Crippen molar-refractivity contribution in [3.05, 3.63) is 36.1 Å². The Hall–Kier alpha value is -2.00. The van der Waals surface area contributed by atoms with Crippen molar-refractivity contribution in [3.63, 3.8) is 0 Å². The van der Waals surface area contributed by atoms with Crippen LogP contribution in [0.4, 0.5) is 0 Å². The van der Waals surface area contributed by atoms with Gasteiger partial charge < -0.3 is 28.6 Å². The number of rotatable bonds is 8. The van der Waals surface area contributed by atoms with Crippen LogP contribution in [0.15, 0.2) is 36.1 Å². The van der Waals surface area contributed by atoms with Crippen LogP contribution < -0.4 is 0 Å². The minimum absolute atomic E-state index is 0.0459. The second kappa shape index (κ2) is 17.8. The molecule has 2 aliphatic rings. The van der Waals surface area contributed by atoms with Crippen LogP contribution in [0.25, 0.3) is 0 Å². The number of hydrogen-bond acceptors (Lipinski definition) is 8. The van der Waals surface area contributed by atoms with Crippen LogP contribution in [0.3, 0.4) is 0 Å². The Bertz CT molecular complexity index is 1040. The van der Waals surface area contributed by atoms with E-state index in [9.17, 15) is 9.59 Å². The molecule has 6 unspecified atom stereocenters. The summed E-state index contributed by atoms with van der Waals surface area (Å²) in [4.78, 5) is 29.4. The normalized spacial score (nSPS) is 41.5. The highest BCUT2D eigenvalue weighted by molar-refractivity contribution is 5.97. The Morgan fingerprint density at radius 2 is 1.67 bits per heavy atom. The standard InChI is InChI=1S/C37H63NO7/c1-14-19-42-37(10)22-25(6)34(45-36-35(41-13)33(38(11)12)27(8)28(9)43-36)26(7)24(5)21-32(40)44-30(16-3)29(15-2)20-23(4)17-18-31(37)39/h14,17-20,24-30,33-36H,15-16,21-22H2,1-13H3/b18-17+,19-14+,23-20+/t24-,25+,26+,27?,28?,29+,30-,33?,34+,35?,36?,37?/m1/s1. The second-order valence-electron chi connectivity index (χ2n) is 14.0. The predicted octanol–water partition coefficient (Wildman–Crippen LogP) is 7.13. The molecule has 8 nitrogen and oxygen atoms in total. The molecule has 8 heteroatoms. The lowest BCUT2D eigenvalue weighted by Crippen LogP contribution is -2.60. The van der Waals surface area contributed by atoms with Gasteiger partial charge in [-0.25, -0.2) is 0 Å². The van der Waals surface area contributed by atoms with Crippen LogP contribution in [0.2, 0.25) is 0 Å². The van der Waals surface area contributed by atoms with E-state index in [4.69, 9.17) is 23.7 Å². The smallest absolute Gasteiger partial charge is 0.306 e. The summed E-state index contributed by atoms with van der Waals surface area (Å²) in [6.45, 7) is 20.4. The number of nitrogens with zero attached hydrogens (tertiary/aromatic N) is 1. The number of ketones is 1. The number of allylic oxidation sites excluding steroid dienone is 3. The molecule has 45 heavy (non-hydrogen) atoms. The Kier molecular flexibility index (Phi) is 15.5. The number of likely N-dealkylation sites (N-methyl/N-ethyl adjacent to an activating group) is 1. The summed E-state index contributed by atoms with van der Waals surface area (Å²) in [7, 11) is 5.81. The van der Waals surface area contributed by atoms with E-state index in [1.165, 1.54) is 0 Å². The van der Waals surface area contributed by atoms with Gasteiger partial charge in [0, 0.05) is 31.4 Å². The van der Waals surface area contributed by atoms with Gasteiger partial charge in [0.2, 0.25) is 0 Å². The first kappa shape index (κ1) is 39.2. The van der Waals surface area contributed by atoms with Gasteiger partial charge in [0.15, 0.2) is 17.7 Å². The van der Waals surface area contributed by atoms with Crippen LogP contribution in [-0.2, 0) is 33.3 Å². The highest BCUT2D eigenvalue weighted by Crippen LogP contribution is 2.38. The van der Waals surface area contributed by atoms with Crippen molar-refractivity contribution < 1.29 is 33.3 Å².